The van der Waals surface area contributed by atoms with E-state index < -0.39 is 5.91 Å². The van der Waals surface area contributed by atoms with Crippen LogP contribution >= 0.6 is 0 Å². The fourth-order valence-electron chi connectivity index (χ4n) is 2.85. The molecule has 11 nitrogen and oxygen atoms in total. The van der Waals surface area contributed by atoms with Gasteiger partial charge in [-0.3, -0.25) is 4.79 Å². The minimum absolute atomic E-state index is 0.0215. The third-order valence-electron chi connectivity index (χ3n) is 4.42. The Morgan fingerprint density at radius 2 is 1.87 bits per heavy atom. The number of nitrogen functional groups attached to an aromatic ring is 1. The maximum atomic E-state index is 12.8. The maximum absolute atomic E-state index is 12.8. The Kier molecular flexibility index (Phi) is 5.39. The van der Waals surface area contributed by atoms with Gasteiger partial charge in [-0.1, -0.05) is 47.7 Å². The van der Waals surface area contributed by atoms with Gasteiger partial charge in [0.25, 0.3) is 5.91 Å². The largest absolute Gasteiger partial charge is 0.378 e. The molecular formula is C20H19N9O2. The summed E-state index contributed by atoms with van der Waals surface area (Å²) in [5, 5.41) is 19.4. The molecule has 4 aromatic rings. The van der Waals surface area contributed by atoms with E-state index in [9.17, 15) is 4.79 Å². The average molecular weight is 417 g/mol. The van der Waals surface area contributed by atoms with Crippen LogP contribution in [0.5, 0.6) is 0 Å². The first-order valence-corrected chi connectivity index (χ1v) is 9.25. The number of hydrogen-bond acceptors (Lipinski definition) is 9. The molecule has 0 radical (unpaired) electrons. The minimum Gasteiger partial charge on any atom is -0.378 e. The first-order chi connectivity index (χ1) is 15.0. The summed E-state index contributed by atoms with van der Waals surface area (Å²) in [5.74, 6) is -0.385. The van der Waals surface area contributed by atoms with Gasteiger partial charge in [-0.2, -0.15) is 9.78 Å². The summed E-state index contributed by atoms with van der Waals surface area (Å²) in [6.45, 7) is 0. The number of nitrogens with one attached hydrogen (secondary N) is 1. The van der Waals surface area contributed by atoms with Crippen molar-refractivity contribution in [1.82, 2.24) is 30.7 Å². The average Bonchev–Trinajstić information content (AvgIpc) is 3.40. The van der Waals surface area contributed by atoms with Crippen LogP contribution in [-0.2, 0) is 0 Å². The number of nitrogens with zero attached hydrogens (tertiary/aromatic N) is 7. The molecule has 4 rings (SSSR count). The summed E-state index contributed by atoms with van der Waals surface area (Å²) < 4.78 is 5.96. The van der Waals surface area contributed by atoms with Crippen LogP contribution in [0, 0.1) is 0 Å². The van der Waals surface area contributed by atoms with E-state index in [-0.39, 0.29) is 17.3 Å². The third-order valence-corrected chi connectivity index (χ3v) is 4.42. The predicted molar refractivity (Wildman–Crippen MR) is 115 cm³/mol. The fraction of sp³-hybridized carbons (Fsp3) is 0.100. The molecule has 3 N–H and O–H groups in total. The van der Waals surface area contributed by atoms with Gasteiger partial charge in [0.05, 0.1) is 6.21 Å². The van der Waals surface area contributed by atoms with Crippen molar-refractivity contribution in [3.63, 3.8) is 0 Å². The lowest BCUT2D eigenvalue weighted by Crippen LogP contribution is -2.19. The SMILES string of the molecule is CN(C)c1ccc(C=NNC(=O)c2nnn(-c3nonc3N)c2-c2ccccc2)cc1. The van der Waals surface area contributed by atoms with Crippen LogP contribution in [0.15, 0.2) is 64.3 Å². The number of carbonyl (C=O) groups excluding carboxylic acids is 1. The Morgan fingerprint density at radius 3 is 2.52 bits per heavy atom. The number of aromatic nitrogens is 5. The normalized spacial score (nSPS) is 11.0. The molecule has 11 heteroatoms. The molecule has 0 fully saturated rings. The van der Waals surface area contributed by atoms with E-state index in [1.165, 1.54) is 4.68 Å². The number of nitrogens with two attached hydrogens (primary N) is 1. The molecule has 1 amide bonds. The number of carbonyl (C=O) groups is 1. The van der Waals surface area contributed by atoms with Gasteiger partial charge in [0, 0.05) is 25.3 Å². The summed E-state index contributed by atoms with van der Waals surface area (Å²) in [5.41, 5.74) is 11.3. The van der Waals surface area contributed by atoms with Crippen molar-refractivity contribution in [1.29, 1.82) is 0 Å². The van der Waals surface area contributed by atoms with Crippen LogP contribution in [0.3, 0.4) is 0 Å². The van der Waals surface area contributed by atoms with Gasteiger partial charge in [0.1, 0.15) is 5.69 Å². The molecule has 0 atom stereocenters. The number of amides is 1. The highest BCUT2D eigenvalue weighted by Crippen LogP contribution is 2.26. The first-order valence-electron chi connectivity index (χ1n) is 9.25. The summed E-state index contributed by atoms with van der Waals surface area (Å²) in [4.78, 5) is 14.8. The number of anilines is 2. The molecule has 2 aromatic heterocycles. The number of benzene rings is 2. The zero-order chi connectivity index (χ0) is 21.8. The van der Waals surface area contributed by atoms with E-state index in [0.717, 1.165) is 11.3 Å². The number of hydrazone groups is 1. The van der Waals surface area contributed by atoms with Crippen LogP contribution in [0.4, 0.5) is 11.5 Å². The van der Waals surface area contributed by atoms with Gasteiger partial charge in [-0.25, -0.2) is 10.1 Å². The molecule has 31 heavy (non-hydrogen) atoms. The summed E-state index contributed by atoms with van der Waals surface area (Å²) in [7, 11) is 3.92. The fourth-order valence-corrected chi connectivity index (χ4v) is 2.85. The summed E-state index contributed by atoms with van der Waals surface area (Å²) in [6.07, 6.45) is 1.55. The highest BCUT2D eigenvalue weighted by Gasteiger charge is 2.24. The van der Waals surface area contributed by atoms with E-state index in [0.29, 0.717) is 11.3 Å². The lowest BCUT2D eigenvalue weighted by Gasteiger charge is -2.11. The minimum atomic E-state index is -0.540. The van der Waals surface area contributed by atoms with Crippen molar-refractivity contribution >= 4 is 23.6 Å². The maximum Gasteiger partial charge on any atom is 0.294 e. The molecule has 156 valence electrons. The Balaban J connectivity index is 1.61. The standard InChI is InChI=1S/C20H19N9O2/c1-28(2)15-10-8-13(9-11-15)12-22-24-20(30)16-17(14-6-4-3-5-7-14)29(27-23-16)19-18(21)25-31-26-19/h3-12H,1-2H3,(H2,21,25)(H,24,30). The van der Waals surface area contributed by atoms with Crippen molar-refractivity contribution in [2.24, 2.45) is 5.10 Å². The molecule has 2 aromatic carbocycles. The Hall–Kier alpha value is -4.54. The zero-order valence-electron chi connectivity index (χ0n) is 16.8. The highest BCUT2D eigenvalue weighted by molar-refractivity contribution is 5.98. The van der Waals surface area contributed by atoms with Crippen LogP contribution in [0.25, 0.3) is 17.1 Å². The van der Waals surface area contributed by atoms with E-state index in [4.69, 9.17) is 5.73 Å². The van der Waals surface area contributed by atoms with Gasteiger partial charge in [-0.15, -0.1) is 5.10 Å². The second kappa shape index (κ2) is 8.45. The molecule has 0 bridgehead atoms. The summed E-state index contributed by atoms with van der Waals surface area (Å²) in [6, 6.07) is 16.8. The first kappa shape index (κ1) is 19.8. The Labute approximate surface area is 177 Å². The number of rotatable bonds is 6. The van der Waals surface area contributed by atoms with Crippen molar-refractivity contribution in [2.75, 3.05) is 24.7 Å². The molecule has 2 heterocycles. The van der Waals surface area contributed by atoms with Gasteiger partial charge in [0.2, 0.25) is 11.6 Å². The highest BCUT2D eigenvalue weighted by atomic mass is 16.6. The second-order valence-electron chi connectivity index (χ2n) is 6.72. The quantitative estimate of drug-likeness (QED) is 0.357. The number of hydrogen-bond donors (Lipinski definition) is 2. The van der Waals surface area contributed by atoms with Crippen molar-refractivity contribution in [3.8, 4) is 17.1 Å². The van der Waals surface area contributed by atoms with Crippen LogP contribution in [0.1, 0.15) is 16.1 Å². The smallest absolute Gasteiger partial charge is 0.294 e. The lowest BCUT2D eigenvalue weighted by atomic mass is 10.1. The molecule has 0 aliphatic carbocycles. The Morgan fingerprint density at radius 1 is 1.13 bits per heavy atom. The van der Waals surface area contributed by atoms with E-state index in [2.05, 4.69) is 35.8 Å². The van der Waals surface area contributed by atoms with Gasteiger partial charge >= 0.3 is 0 Å². The van der Waals surface area contributed by atoms with Crippen molar-refractivity contribution in [3.05, 3.63) is 65.9 Å². The van der Waals surface area contributed by atoms with Crippen LogP contribution in [-0.4, -0.2) is 51.5 Å². The van der Waals surface area contributed by atoms with E-state index >= 15 is 0 Å². The third kappa shape index (κ3) is 4.10. The lowest BCUT2D eigenvalue weighted by molar-refractivity contribution is 0.0950. The molecular weight excluding hydrogens is 398 g/mol. The Bertz CT molecular complexity index is 1210. The molecule has 0 aliphatic heterocycles. The monoisotopic (exact) mass is 417 g/mol. The molecule has 0 saturated heterocycles. The van der Waals surface area contributed by atoms with E-state index in [1.807, 2.05) is 73.6 Å². The molecule has 0 unspecified atom stereocenters. The zero-order valence-corrected chi connectivity index (χ0v) is 16.8. The molecule has 0 spiro atoms. The van der Waals surface area contributed by atoms with Crippen LogP contribution < -0.4 is 16.1 Å². The van der Waals surface area contributed by atoms with Gasteiger partial charge in [0.15, 0.2) is 5.69 Å². The topological polar surface area (TPSA) is 140 Å². The molecule has 0 aliphatic rings. The predicted octanol–water partition coefficient (Wildman–Crippen LogP) is 1.73. The second-order valence-corrected chi connectivity index (χ2v) is 6.72. The van der Waals surface area contributed by atoms with Crippen molar-refractivity contribution < 1.29 is 9.42 Å². The van der Waals surface area contributed by atoms with E-state index in [1.54, 1.807) is 6.21 Å². The van der Waals surface area contributed by atoms with Gasteiger partial charge < -0.3 is 10.6 Å². The molecule has 0 saturated carbocycles. The van der Waals surface area contributed by atoms with Crippen molar-refractivity contribution in [2.45, 2.75) is 0 Å². The summed E-state index contributed by atoms with van der Waals surface area (Å²) >= 11 is 0. The van der Waals surface area contributed by atoms with Gasteiger partial charge in [-0.05, 0) is 28.0 Å². The van der Waals surface area contributed by atoms with Crippen LogP contribution in [0.2, 0.25) is 0 Å².